The van der Waals surface area contributed by atoms with E-state index in [1.165, 1.54) is 60.4 Å². The zero-order chi connectivity index (χ0) is 46.2. The summed E-state index contributed by atoms with van der Waals surface area (Å²) in [6, 6.07) is 3.95. The standard InChI is InChI=1S/C42H69N7O10S/c1-24(2)20-29(46-33(51)27(6)44-39(57)59-40(7,8)9)35(53)48-41(10,11)37(55)47-31(23-60-22-28-18-16-15-17-19-28)34(52)43-26(5)32(50)45-30(21-25(3)4)36(54)49-42(12,13)38(56)58-14/h15-19,24-27,29-31H,20-23H2,1-14H3,(H,43,52)(H,44,57)(H,45,50)(H,46,51)(H,47,55)(H,48,53)(H,49,54)/t26-,27-,29-,30-,31+/m0/s1. The fraction of sp³-hybridized carbons (Fsp3) is 0.667. The summed E-state index contributed by atoms with van der Waals surface area (Å²) in [6.07, 6.45) is -0.366. The molecule has 0 radical (unpaired) electrons. The first-order valence-corrected chi connectivity index (χ1v) is 21.3. The third-order valence-electron chi connectivity index (χ3n) is 8.71. The minimum Gasteiger partial charge on any atom is -0.467 e. The number of alkyl carbamates (subject to hydrolysis) is 1. The van der Waals surface area contributed by atoms with Crippen LogP contribution >= 0.6 is 11.8 Å². The van der Waals surface area contributed by atoms with Gasteiger partial charge in [0, 0.05) is 11.5 Å². The number of hydrogen-bond donors (Lipinski definition) is 7. The lowest BCUT2D eigenvalue weighted by Crippen LogP contribution is -2.63. The van der Waals surface area contributed by atoms with Gasteiger partial charge in [0.05, 0.1) is 7.11 Å². The minimum atomic E-state index is -1.60. The first-order chi connectivity index (χ1) is 27.6. The quantitative estimate of drug-likeness (QED) is 0.0837. The summed E-state index contributed by atoms with van der Waals surface area (Å²) in [6.45, 7) is 21.2. The van der Waals surface area contributed by atoms with Crippen molar-refractivity contribution in [2.75, 3.05) is 12.9 Å². The number of hydrogen-bond acceptors (Lipinski definition) is 11. The summed E-state index contributed by atoms with van der Waals surface area (Å²) in [5, 5.41) is 18.4. The third kappa shape index (κ3) is 19.5. The van der Waals surface area contributed by atoms with Crippen molar-refractivity contribution in [3.05, 3.63) is 35.9 Å². The van der Waals surface area contributed by atoms with Crippen LogP contribution in [-0.2, 0) is 48.8 Å². The topological polar surface area (TPSA) is 239 Å². The van der Waals surface area contributed by atoms with Crippen LogP contribution in [0.3, 0.4) is 0 Å². The van der Waals surface area contributed by atoms with E-state index in [1.807, 2.05) is 58.0 Å². The number of carbonyl (C=O) groups is 8. The second kappa shape index (κ2) is 23.8. The van der Waals surface area contributed by atoms with Gasteiger partial charge in [0.2, 0.25) is 35.4 Å². The highest BCUT2D eigenvalue weighted by molar-refractivity contribution is 7.98. The molecule has 60 heavy (non-hydrogen) atoms. The predicted octanol–water partition coefficient (Wildman–Crippen LogP) is 2.85. The highest BCUT2D eigenvalue weighted by atomic mass is 32.2. The number of rotatable bonds is 22. The SMILES string of the molecule is COC(=O)C(C)(C)NC(=O)[C@H](CC(C)C)NC(=O)[C@H](C)NC(=O)[C@@H](CSCc1ccccc1)NC(=O)C(C)(C)NC(=O)[C@H](CC(C)C)NC(=O)[C@H](C)NC(=O)OC(C)(C)C. The van der Waals surface area contributed by atoms with Crippen LogP contribution in [0.5, 0.6) is 0 Å². The van der Waals surface area contributed by atoms with E-state index in [4.69, 9.17) is 9.47 Å². The van der Waals surface area contributed by atoms with Gasteiger partial charge in [-0.3, -0.25) is 28.8 Å². The van der Waals surface area contributed by atoms with Gasteiger partial charge in [0.1, 0.15) is 46.9 Å². The molecule has 7 N–H and O–H groups in total. The van der Waals surface area contributed by atoms with Gasteiger partial charge in [0.25, 0.3) is 0 Å². The molecule has 5 atom stereocenters. The number of esters is 1. The van der Waals surface area contributed by atoms with E-state index >= 15 is 0 Å². The molecule has 0 aromatic heterocycles. The van der Waals surface area contributed by atoms with Crippen LogP contribution in [0, 0.1) is 11.8 Å². The lowest BCUT2D eigenvalue weighted by Gasteiger charge is -2.31. The van der Waals surface area contributed by atoms with E-state index in [1.54, 1.807) is 20.8 Å². The third-order valence-corrected chi connectivity index (χ3v) is 9.82. The average Bonchev–Trinajstić information content (AvgIpc) is 3.11. The zero-order valence-electron chi connectivity index (χ0n) is 37.7. The van der Waals surface area contributed by atoms with Crippen LogP contribution in [0.4, 0.5) is 4.79 Å². The van der Waals surface area contributed by atoms with Gasteiger partial charge >= 0.3 is 12.1 Å². The number of nitrogens with one attached hydrogen (secondary N) is 7. The molecule has 18 heteroatoms. The number of ether oxygens (including phenoxy) is 2. The Morgan fingerprint density at radius 2 is 1.05 bits per heavy atom. The molecule has 1 aromatic carbocycles. The molecule has 0 spiro atoms. The van der Waals surface area contributed by atoms with Crippen LogP contribution in [0.15, 0.2) is 30.3 Å². The zero-order valence-corrected chi connectivity index (χ0v) is 38.6. The molecule has 1 rings (SSSR count). The molecule has 0 saturated heterocycles. The molecule has 0 aliphatic rings. The summed E-state index contributed by atoms with van der Waals surface area (Å²) < 4.78 is 10.0. The second-order valence-corrected chi connectivity index (χ2v) is 18.8. The van der Waals surface area contributed by atoms with Crippen molar-refractivity contribution in [3.8, 4) is 0 Å². The van der Waals surface area contributed by atoms with Gasteiger partial charge in [0.15, 0.2) is 0 Å². The maximum absolute atomic E-state index is 13.9. The largest absolute Gasteiger partial charge is 0.467 e. The first kappa shape index (κ1) is 53.1. The lowest BCUT2D eigenvalue weighted by atomic mass is 9.99. The van der Waals surface area contributed by atoms with Gasteiger partial charge in [-0.2, -0.15) is 11.8 Å². The first-order valence-electron chi connectivity index (χ1n) is 20.1. The maximum atomic E-state index is 13.9. The molecule has 7 amide bonds. The van der Waals surface area contributed by atoms with Gasteiger partial charge in [-0.15, -0.1) is 0 Å². The van der Waals surface area contributed by atoms with Crippen LogP contribution in [-0.4, -0.2) is 107 Å². The van der Waals surface area contributed by atoms with E-state index < -0.39 is 94.4 Å². The van der Waals surface area contributed by atoms with Gasteiger partial charge in [-0.05, 0) is 92.6 Å². The molecule has 0 bridgehead atoms. The Bertz CT molecular complexity index is 1650. The molecular weight excluding hydrogens is 795 g/mol. The van der Waals surface area contributed by atoms with Crippen molar-refractivity contribution in [3.63, 3.8) is 0 Å². The van der Waals surface area contributed by atoms with E-state index in [2.05, 4.69) is 37.2 Å². The Hall–Kier alpha value is -4.87. The van der Waals surface area contributed by atoms with Crippen LogP contribution in [0.2, 0.25) is 0 Å². The maximum Gasteiger partial charge on any atom is 0.408 e. The smallest absolute Gasteiger partial charge is 0.408 e. The lowest BCUT2D eigenvalue weighted by molar-refractivity contribution is -0.149. The number of carbonyl (C=O) groups excluding carboxylic acids is 8. The summed E-state index contributed by atoms with van der Waals surface area (Å²) >= 11 is 1.36. The van der Waals surface area contributed by atoms with Crippen molar-refractivity contribution >= 4 is 59.3 Å². The normalized spacial score (nSPS) is 14.3. The monoisotopic (exact) mass is 863 g/mol. The van der Waals surface area contributed by atoms with Gasteiger partial charge in [-0.1, -0.05) is 58.0 Å². The Kier molecular flexibility index (Phi) is 21.1. The van der Waals surface area contributed by atoms with Gasteiger partial charge < -0.3 is 46.7 Å². The molecule has 338 valence electrons. The van der Waals surface area contributed by atoms with Crippen LogP contribution in [0.25, 0.3) is 0 Å². The molecule has 1 aromatic rings. The Morgan fingerprint density at radius 3 is 1.50 bits per heavy atom. The molecule has 0 aliphatic heterocycles. The molecule has 0 saturated carbocycles. The number of methoxy groups -OCH3 is 1. The highest BCUT2D eigenvalue weighted by Crippen LogP contribution is 2.16. The van der Waals surface area contributed by atoms with Crippen molar-refractivity contribution in [1.82, 2.24) is 37.2 Å². The summed E-state index contributed by atoms with van der Waals surface area (Å²) in [7, 11) is 1.20. The number of thioether (sulfide) groups is 1. The number of amides is 7. The van der Waals surface area contributed by atoms with Gasteiger partial charge in [-0.25, -0.2) is 9.59 Å². The summed E-state index contributed by atoms with van der Waals surface area (Å²) in [5.74, 6) is -4.18. The average molecular weight is 864 g/mol. The summed E-state index contributed by atoms with van der Waals surface area (Å²) in [4.78, 5) is 106. The molecule has 17 nitrogen and oxygen atoms in total. The van der Waals surface area contributed by atoms with Crippen molar-refractivity contribution in [2.45, 2.75) is 155 Å². The Labute approximate surface area is 359 Å². The molecule has 0 fully saturated rings. The Morgan fingerprint density at radius 1 is 0.583 bits per heavy atom. The van der Waals surface area contributed by atoms with Crippen molar-refractivity contribution in [1.29, 1.82) is 0 Å². The Balaban J connectivity index is 3.21. The molecule has 0 heterocycles. The van der Waals surface area contributed by atoms with E-state index in [0.29, 0.717) is 5.75 Å². The highest BCUT2D eigenvalue weighted by Gasteiger charge is 2.38. The van der Waals surface area contributed by atoms with Crippen molar-refractivity contribution < 1.29 is 47.8 Å². The molecular formula is C42H69N7O10S. The fourth-order valence-corrected chi connectivity index (χ4v) is 6.49. The molecule has 0 aliphatic carbocycles. The number of benzene rings is 1. The van der Waals surface area contributed by atoms with E-state index in [0.717, 1.165) is 5.56 Å². The summed E-state index contributed by atoms with van der Waals surface area (Å²) in [5.41, 5.74) is -2.78. The van der Waals surface area contributed by atoms with Crippen LogP contribution in [0.1, 0.15) is 108 Å². The van der Waals surface area contributed by atoms with Crippen LogP contribution < -0.4 is 37.2 Å². The van der Waals surface area contributed by atoms with Crippen molar-refractivity contribution in [2.24, 2.45) is 11.8 Å². The fourth-order valence-electron chi connectivity index (χ4n) is 5.47. The van der Waals surface area contributed by atoms with E-state index in [-0.39, 0.29) is 30.4 Å². The van der Waals surface area contributed by atoms with E-state index in [9.17, 15) is 38.4 Å². The molecule has 0 unspecified atom stereocenters. The minimum absolute atomic E-state index is 0.0288. The predicted molar refractivity (Wildman–Crippen MR) is 230 cm³/mol. The second-order valence-electron chi connectivity index (χ2n) is 17.7.